The van der Waals surface area contributed by atoms with E-state index in [9.17, 15) is 0 Å². The molecule has 0 bridgehead atoms. The van der Waals surface area contributed by atoms with Gasteiger partial charge in [-0.25, -0.2) is 0 Å². The lowest BCUT2D eigenvalue weighted by molar-refractivity contribution is 0.227. The van der Waals surface area contributed by atoms with Crippen LogP contribution in [0.5, 0.6) is 0 Å². The van der Waals surface area contributed by atoms with E-state index in [1.54, 1.807) is 0 Å². The molecule has 1 aliphatic rings. The average Bonchev–Trinajstić information content (AvgIpc) is 1.77. The van der Waals surface area contributed by atoms with E-state index in [1.807, 2.05) is 0 Å². The minimum absolute atomic E-state index is 1.15. The van der Waals surface area contributed by atoms with Gasteiger partial charge in [-0.05, 0) is 7.05 Å². The monoisotopic (exact) mass is 127 g/mol. The van der Waals surface area contributed by atoms with Gasteiger partial charge in [0.2, 0.25) is 0 Å². The van der Waals surface area contributed by atoms with Crippen molar-refractivity contribution in [3.8, 4) is 0 Å². The molecule has 1 heterocycles. The molecule has 1 aliphatic heterocycles. The molecule has 0 aromatic rings. The van der Waals surface area contributed by atoms with Crippen LogP contribution >= 0.6 is 0 Å². The number of piperazine rings is 1. The predicted octanol–water partition coefficient (Wildman–Crippen LogP) is -0.683. The van der Waals surface area contributed by atoms with Crippen molar-refractivity contribution in [2.24, 2.45) is 0 Å². The number of hydrogen-bond acceptors (Lipinski definition) is 2. The molecule has 45 valence electrons. The van der Waals surface area contributed by atoms with Gasteiger partial charge in [0.15, 0.2) is 0 Å². The standard InChI is InChI=1S/C5H11N2Si/c1-6-2-4-7(8)5-3-6/h2-5H2,1H3. The lowest BCUT2D eigenvalue weighted by Crippen LogP contribution is -2.42. The van der Waals surface area contributed by atoms with E-state index < -0.39 is 0 Å². The van der Waals surface area contributed by atoms with Gasteiger partial charge in [-0.1, -0.05) is 0 Å². The molecule has 0 N–H and O–H groups in total. The van der Waals surface area contributed by atoms with E-state index in [0.717, 1.165) is 13.1 Å². The van der Waals surface area contributed by atoms with Gasteiger partial charge < -0.3 is 9.47 Å². The van der Waals surface area contributed by atoms with Gasteiger partial charge in [-0.3, -0.25) is 0 Å². The van der Waals surface area contributed by atoms with Gasteiger partial charge in [0, 0.05) is 26.2 Å². The molecule has 0 amide bonds. The third-order valence-electron chi connectivity index (χ3n) is 1.50. The van der Waals surface area contributed by atoms with Crippen LogP contribution in [0.4, 0.5) is 0 Å². The summed E-state index contributed by atoms with van der Waals surface area (Å²) < 4.78 is 2.17. The van der Waals surface area contributed by atoms with Crippen LogP contribution in [0.2, 0.25) is 0 Å². The van der Waals surface area contributed by atoms with Crippen LogP contribution in [0.1, 0.15) is 0 Å². The molecule has 0 atom stereocenters. The van der Waals surface area contributed by atoms with Crippen molar-refractivity contribution in [2.45, 2.75) is 0 Å². The molecule has 3 radical (unpaired) electrons. The van der Waals surface area contributed by atoms with Gasteiger partial charge >= 0.3 is 0 Å². The van der Waals surface area contributed by atoms with E-state index in [4.69, 9.17) is 0 Å². The first-order valence-electron chi connectivity index (χ1n) is 2.94. The first-order chi connectivity index (χ1) is 3.79. The molecule has 1 saturated heterocycles. The summed E-state index contributed by atoms with van der Waals surface area (Å²) in [5.41, 5.74) is 0. The SMILES string of the molecule is CN1CCN([Si])CC1. The third kappa shape index (κ3) is 1.58. The molecule has 2 nitrogen and oxygen atoms in total. The summed E-state index contributed by atoms with van der Waals surface area (Å²) in [5.74, 6) is 0. The molecule has 0 unspecified atom stereocenters. The molecule has 0 aromatic carbocycles. The number of hydrogen-bond donors (Lipinski definition) is 0. The van der Waals surface area contributed by atoms with Gasteiger partial charge in [0.1, 0.15) is 10.4 Å². The second-order valence-corrected chi connectivity index (χ2v) is 2.92. The summed E-state index contributed by atoms with van der Waals surface area (Å²) in [6.07, 6.45) is 0. The summed E-state index contributed by atoms with van der Waals surface area (Å²) in [4.78, 5) is 2.33. The topological polar surface area (TPSA) is 6.48 Å². The second-order valence-electron chi connectivity index (χ2n) is 2.29. The first kappa shape index (κ1) is 6.26. The highest BCUT2D eigenvalue weighted by atomic mass is 28.2. The zero-order valence-electron chi connectivity index (χ0n) is 5.22. The Morgan fingerprint density at radius 1 is 1.12 bits per heavy atom. The summed E-state index contributed by atoms with van der Waals surface area (Å²) in [5, 5.41) is 0. The van der Waals surface area contributed by atoms with Crippen LogP contribution in [0.25, 0.3) is 0 Å². The Kier molecular flexibility index (Phi) is 2.05. The largest absolute Gasteiger partial charge is 0.324 e. The van der Waals surface area contributed by atoms with Gasteiger partial charge in [0.25, 0.3) is 0 Å². The van der Waals surface area contributed by atoms with E-state index in [-0.39, 0.29) is 0 Å². The Hall–Kier alpha value is 0.137. The molecular formula is C5H11N2Si. The van der Waals surface area contributed by atoms with E-state index in [2.05, 4.69) is 26.9 Å². The Bertz CT molecular complexity index is 58.8. The molecule has 0 spiro atoms. The van der Waals surface area contributed by atoms with Crippen molar-refractivity contribution in [3.63, 3.8) is 0 Å². The van der Waals surface area contributed by atoms with Crippen LogP contribution < -0.4 is 0 Å². The zero-order chi connectivity index (χ0) is 5.98. The van der Waals surface area contributed by atoms with Crippen molar-refractivity contribution in [3.05, 3.63) is 0 Å². The Morgan fingerprint density at radius 3 is 2.00 bits per heavy atom. The Morgan fingerprint density at radius 2 is 1.62 bits per heavy atom. The highest BCUT2D eigenvalue weighted by Crippen LogP contribution is 1.92. The minimum Gasteiger partial charge on any atom is -0.324 e. The Balaban J connectivity index is 2.19. The highest BCUT2D eigenvalue weighted by Gasteiger charge is 2.07. The van der Waals surface area contributed by atoms with Gasteiger partial charge in [-0.2, -0.15) is 0 Å². The molecule has 1 fully saturated rings. The fraction of sp³-hybridized carbons (Fsp3) is 1.00. The van der Waals surface area contributed by atoms with Crippen LogP contribution in [-0.4, -0.2) is 53.1 Å². The van der Waals surface area contributed by atoms with Crippen LogP contribution in [0.3, 0.4) is 0 Å². The predicted molar refractivity (Wildman–Crippen MR) is 34.8 cm³/mol. The smallest absolute Gasteiger partial charge is 0.143 e. The highest BCUT2D eigenvalue weighted by molar-refractivity contribution is 6.04. The van der Waals surface area contributed by atoms with Crippen LogP contribution in [0, 0.1) is 0 Å². The van der Waals surface area contributed by atoms with E-state index >= 15 is 0 Å². The number of nitrogens with zero attached hydrogens (tertiary/aromatic N) is 2. The first-order valence-corrected chi connectivity index (χ1v) is 3.38. The van der Waals surface area contributed by atoms with E-state index in [0.29, 0.717) is 0 Å². The fourth-order valence-corrected chi connectivity index (χ4v) is 1.01. The molecule has 1 rings (SSSR count). The number of likely N-dealkylation sites (N-methyl/N-ethyl adjacent to an activating group) is 1. The maximum absolute atomic E-state index is 3.47. The Labute approximate surface area is 54.0 Å². The van der Waals surface area contributed by atoms with Crippen LogP contribution in [0.15, 0.2) is 0 Å². The number of rotatable bonds is 0. The third-order valence-corrected chi connectivity index (χ3v) is 1.95. The van der Waals surface area contributed by atoms with Crippen molar-refractivity contribution in [1.29, 1.82) is 0 Å². The van der Waals surface area contributed by atoms with Crippen molar-refractivity contribution >= 4 is 10.4 Å². The molecule has 3 heteroatoms. The summed E-state index contributed by atoms with van der Waals surface area (Å²) in [7, 11) is 5.62. The molecular weight excluding hydrogens is 116 g/mol. The van der Waals surface area contributed by atoms with Crippen LogP contribution in [-0.2, 0) is 0 Å². The molecule has 8 heavy (non-hydrogen) atoms. The maximum atomic E-state index is 3.47. The fourth-order valence-electron chi connectivity index (χ4n) is 0.806. The van der Waals surface area contributed by atoms with Crippen molar-refractivity contribution in [2.75, 3.05) is 33.2 Å². The lowest BCUT2D eigenvalue weighted by Gasteiger charge is -2.29. The molecule has 0 aliphatic carbocycles. The summed E-state index contributed by atoms with van der Waals surface area (Å²) in [6, 6.07) is 0. The van der Waals surface area contributed by atoms with Gasteiger partial charge in [-0.15, -0.1) is 0 Å². The minimum atomic E-state index is 1.15. The quantitative estimate of drug-likeness (QED) is 0.398. The van der Waals surface area contributed by atoms with Gasteiger partial charge in [0.05, 0.1) is 0 Å². The lowest BCUT2D eigenvalue weighted by atomic mass is 10.4. The zero-order valence-corrected chi connectivity index (χ0v) is 6.22. The second kappa shape index (κ2) is 2.62. The van der Waals surface area contributed by atoms with E-state index in [1.165, 1.54) is 13.1 Å². The van der Waals surface area contributed by atoms with Crippen molar-refractivity contribution < 1.29 is 0 Å². The molecule has 0 saturated carbocycles. The summed E-state index contributed by atoms with van der Waals surface area (Å²) in [6.45, 7) is 4.66. The molecule has 0 aromatic heterocycles. The maximum Gasteiger partial charge on any atom is 0.143 e. The summed E-state index contributed by atoms with van der Waals surface area (Å²) >= 11 is 0. The normalized spacial score (nSPS) is 26.2. The van der Waals surface area contributed by atoms with Crippen molar-refractivity contribution in [1.82, 2.24) is 9.47 Å². The average molecular weight is 127 g/mol.